The second kappa shape index (κ2) is 10.2. The molecule has 0 heterocycles. The highest BCUT2D eigenvalue weighted by molar-refractivity contribution is 7.99. The predicted octanol–water partition coefficient (Wildman–Crippen LogP) is 8.22. The SMILES string of the molecule is CN(CCSCCCl)Cc1ccc(-c2c3ccccc3cc3c2ccc2ccccc23)cc1. The lowest BCUT2D eigenvalue weighted by Crippen LogP contribution is -2.20. The highest BCUT2D eigenvalue weighted by Crippen LogP contribution is 2.39. The van der Waals surface area contributed by atoms with Gasteiger partial charge in [-0.3, -0.25) is 0 Å². The molecule has 0 aliphatic carbocycles. The van der Waals surface area contributed by atoms with Crippen LogP contribution in [0.4, 0.5) is 0 Å². The molecule has 0 aromatic heterocycles. The van der Waals surface area contributed by atoms with E-state index in [1.165, 1.54) is 49.0 Å². The van der Waals surface area contributed by atoms with Crippen molar-refractivity contribution in [3.8, 4) is 11.1 Å². The van der Waals surface area contributed by atoms with E-state index in [9.17, 15) is 0 Å². The fourth-order valence-corrected chi connectivity index (χ4v) is 5.76. The van der Waals surface area contributed by atoms with Crippen molar-refractivity contribution in [2.24, 2.45) is 0 Å². The zero-order valence-electron chi connectivity index (χ0n) is 18.9. The fourth-order valence-electron chi connectivity index (χ4n) is 4.68. The minimum absolute atomic E-state index is 0.731. The molecule has 0 aliphatic heterocycles. The monoisotopic (exact) mass is 469 g/mol. The van der Waals surface area contributed by atoms with Gasteiger partial charge in [0.15, 0.2) is 0 Å². The molecule has 33 heavy (non-hydrogen) atoms. The Bertz CT molecular complexity index is 1390. The van der Waals surface area contributed by atoms with Crippen molar-refractivity contribution in [2.45, 2.75) is 6.54 Å². The molecule has 1 nitrogen and oxygen atoms in total. The maximum absolute atomic E-state index is 5.78. The highest BCUT2D eigenvalue weighted by Gasteiger charge is 2.12. The number of fused-ring (bicyclic) bond motifs is 4. The van der Waals surface area contributed by atoms with E-state index in [2.05, 4.69) is 103 Å². The summed E-state index contributed by atoms with van der Waals surface area (Å²) in [7, 11) is 2.19. The summed E-state index contributed by atoms with van der Waals surface area (Å²) in [5, 5.41) is 7.82. The van der Waals surface area contributed by atoms with Gasteiger partial charge in [0, 0.05) is 30.5 Å². The molecule has 0 amide bonds. The summed E-state index contributed by atoms with van der Waals surface area (Å²) in [5.74, 6) is 2.88. The van der Waals surface area contributed by atoms with E-state index < -0.39 is 0 Å². The Labute approximate surface area is 205 Å². The standard InChI is InChI=1S/C30H28ClNS/c1-32(17-19-33-18-16-31)21-22-10-12-24(13-11-22)30-27-9-5-3-7-25(27)20-29-26-8-4-2-6-23(26)14-15-28(29)30/h2-15,20H,16-19,21H2,1H3. The summed E-state index contributed by atoms with van der Waals surface area (Å²) >= 11 is 7.70. The topological polar surface area (TPSA) is 3.24 Å². The Balaban J connectivity index is 1.53. The molecule has 0 N–H and O–H groups in total. The number of nitrogens with zero attached hydrogens (tertiary/aromatic N) is 1. The Morgan fingerprint density at radius 2 is 1.42 bits per heavy atom. The minimum atomic E-state index is 0.731. The van der Waals surface area contributed by atoms with Crippen LogP contribution >= 0.6 is 23.4 Å². The van der Waals surface area contributed by atoms with Gasteiger partial charge in [-0.25, -0.2) is 0 Å². The smallest absolute Gasteiger partial charge is 0.0314 e. The summed E-state index contributed by atoms with van der Waals surface area (Å²) in [6.45, 7) is 2.03. The number of rotatable bonds is 8. The summed E-state index contributed by atoms with van der Waals surface area (Å²) in [4.78, 5) is 2.38. The summed E-state index contributed by atoms with van der Waals surface area (Å²) < 4.78 is 0. The highest BCUT2D eigenvalue weighted by atomic mass is 35.5. The van der Waals surface area contributed by atoms with Crippen molar-refractivity contribution >= 4 is 55.7 Å². The van der Waals surface area contributed by atoms with Crippen LogP contribution < -0.4 is 0 Å². The third kappa shape index (κ3) is 4.75. The number of alkyl halides is 1. The van der Waals surface area contributed by atoms with Gasteiger partial charge >= 0.3 is 0 Å². The van der Waals surface area contributed by atoms with Crippen LogP contribution in [0.15, 0.2) is 91.0 Å². The van der Waals surface area contributed by atoms with Gasteiger partial charge in [-0.1, -0.05) is 84.9 Å². The van der Waals surface area contributed by atoms with E-state index in [4.69, 9.17) is 11.6 Å². The fraction of sp³-hybridized carbons (Fsp3) is 0.200. The summed E-state index contributed by atoms with van der Waals surface area (Å²) in [6, 6.07) is 33.5. The molecule has 0 unspecified atom stereocenters. The first-order chi connectivity index (χ1) is 16.2. The third-order valence-electron chi connectivity index (χ3n) is 6.30. The number of thioether (sulfide) groups is 1. The van der Waals surface area contributed by atoms with Crippen LogP contribution in [0.2, 0.25) is 0 Å². The minimum Gasteiger partial charge on any atom is -0.301 e. The van der Waals surface area contributed by atoms with Gasteiger partial charge in [0.25, 0.3) is 0 Å². The molecule has 5 rings (SSSR count). The lowest BCUT2D eigenvalue weighted by Gasteiger charge is -2.17. The maximum Gasteiger partial charge on any atom is 0.0314 e. The zero-order chi connectivity index (χ0) is 22.6. The molecule has 5 aromatic rings. The Morgan fingerprint density at radius 1 is 0.697 bits per heavy atom. The third-order valence-corrected chi connectivity index (χ3v) is 7.68. The second-order valence-corrected chi connectivity index (χ2v) is 10.2. The van der Waals surface area contributed by atoms with Crippen LogP contribution in [0.5, 0.6) is 0 Å². The first kappa shape index (κ1) is 22.3. The first-order valence-corrected chi connectivity index (χ1v) is 13.2. The Morgan fingerprint density at radius 3 is 2.21 bits per heavy atom. The molecule has 0 saturated heterocycles. The average molecular weight is 470 g/mol. The Kier molecular flexibility index (Phi) is 6.87. The van der Waals surface area contributed by atoms with E-state index in [0.717, 1.165) is 30.5 Å². The van der Waals surface area contributed by atoms with Crippen molar-refractivity contribution in [3.05, 3.63) is 96.6 Å². The molecule has 0 fully saturated rings. The van der Waals surface area contributed by atoms with E-state index in [1.807, 2.05) is 11.8 Å². The molecule has 0 radical (unpaired) electrons. The van der Waals surface area contributed by atoms with Crippen molar-refractivity contribution in [3.63, 3.8) is 0 Å². The van der Waals surface area contributed by atoms with Crippen LogP contribution in [0.1, 0.15) is 5.56 Å². The molecule has 5 aromatic carbocycles. The van der Waals surface area contributed by atoms with Crippen molar-refractivity contribution in [2.75, 3.05) is 31.0 Å². The van der Waals surface area contributed by atoms with Crippen LogP contribution in [0, 0.1) is 0 Å². The van der Waals surface area contributed by atoms with Gasteiger partial charge in [0.2, 0.25) is 0 Å². The predicted molar refractivity (Wildman–Crippen MR) is 149 cm³/mol. The lowest BCUT2D eigenvalue weighted by atomic mass is 9.89. The molecule has 0 bridgehead atoms. The maximum atomic E-state index is 5.78. The van der Waals surface area contributed by atoms with E-state index in [0.29, 0.717) is 0 Å². The van der Waals surface area contributed by atoms with Crippen molar-refractivity contribution in [1.82, 2.24) is 4.90 Å². The van der Waals surface area contributed by atoms with Crippen LogP contribution in [0.3, 0.4) is 0 Å². The van der Waals surface area contributed by atoms with Crippen LogP contribution in [0.25, 0.3) is 43.4 Å². The van der Waals surface area contributed by atoms with Crippen molar-refractivity contribution in [1.29, 1.82) is 0 Å². The van der Waals surface area contributed by atoms with Gasteiger partial charge in [0.1, 0.15) is 0 Å². The van der Waals surface area contributed by atoms with Crippen LogP contribution in [-0.2, 0) is 6.54 Å². The number of benzene rings is 5. The summed E-state index contributed by atoms with van der Waals surface area (Å²) in [6.07, 6.45) is 0. The molecule has 0 atom stereocenters. The van der Waals surface area contributed by atoms with Gasteiger partial charge < -0.3 is 4.90 Å². The molecule has 0 spiro atoms. The Hall–Kier alpha value is -2.52. The zero-order valence-corrected chi connectivity index (χ0v) is 20.5. The molecular formula is C30H28ClNS. The largest absolute Gasteiger partial charge is 0.301 e. The van der Waals surface area contributed by atoms with E-state index in [-0.39, 0.29) is 0 Å². The van der Waals surface area contributed by atoms with Gasteiger partial charge in [0.05, 0.1) is 0 Å². The molecule has 0 aliphatic rings. The van der Waals surface area contributed by atoms with E-state index >= 15 is 0 Å². The average Bonchev–Trinajstić information content (AvgIpc) is 2.86. The first-order valence-electron chi connectivity index (χ1n) is 11.5. The molecule has 3 heteroatoms. The van der Waals surface area contributed by atoms with Crippen LogP contribution in [-0.4, -0.2) is 35.9 Å². The normalized spacial score (nSPS) is 11.7. The van der Waals surface area contributed by atoms with Gasteiger partial charge in [-0.05, 0) is 62.1 Å². The number of hydrogen-bond acceptors (Lipinski definition) is 2. The van der Waals surface area contributed by atoms with Gasteiger partial charge in [-0.2, -0.15) is 11.8 Å². The van der Waals surface area contributed by atoms with Gasteiger partial charge in [-0.15, -0.1) is 11.6 Å². The lowest BCUT2D eigenvalue weighted by molar-refractivity contribution is 0.349. The second-order valence-electron chi connectivity index (χ2n) is 8.59. The summed E-state index contributed by atoms with van der Waals surface area (Å²) in [5.41, 5.74) is 3.95. The van der Waals surface area contributed by atoms with Crippen molar-refractivity contribution < 1.29 is 0 Å². The number of hydrogen-bond donors (Lipinski definition) is 0. The molecule has 0 saturated carbocycles. The van der Waals surface area contributed by atoms with E-state index in [1.54, 1.807) is 0 Å². The molecular weight excluding hydrogens is 442 g/mol. The quantitative estimate of drug-likeness (QED) is 0.0974. The number of halogens is 1. The molecule has 166 valence electrons.